The van der Waals surface area contributed by atoms with Gasteiger partial charge in [0.15, 0.2) is 0 Å². The van der Waals surface area contributed by atoms with Crippen molar-refractivity contribution in [1.82, 2.24) is 0 Å². The molecular weight excluding hydrogens is 270 g/mol. The van der Waals surface area contributed by atoms with Crippen LogP contribution in [0.5, 0.6) is 0 Å². The van der Waals surface area contributed by atoms with E-state index < -0.39 is 24.4 Å². The van der Waals surface area contributed by atoms with E-state index in [0.717, 1.165) is 19.4 Å². The zero-order valence-electron chi connectivity index (χ0n) is 13.6. The molecule has 0 aliphatic carbocycles. The van der Waals surface area contributed by atoms with Crippen molar-refractivity contribution in [3.63, 3.8) is 0 Å². The Labute approximate surface area is 128 Å². The van der Waals surface area contributed by atoms with Crippen LogP contribution in [0.15, 0.2) is 0 Å². The molecule has 0 aromatic heterocycles. The molecule has 0 saturated carbocycles. The number of nitrogens with zero attached hydrogens (tertiary/aromatic N) is 1. The van der Waals surface area contributed by atoms with Crippen molar-refractivity contribution in [2.75, 3.05) is 26.7 Å². The highest BCUT2D eigenvalue weighted by Crippen LogP contribution is 2.26. The molecule has 1 rings (SSSR count). The summed E-state index contributed by atoms with van der Waals surface area (Å²) in [6.45, 7) is 3.25. The Morgan fingerprint density at radius 1 is 0.905 bits per heavy atom. The number of aliphatic hydroxyl groups is 4. The van der Waals surface area contributed by atoms with E-state index >= 15 is 0 Å². The topological polar surface area (TPSA) is 80.9 Å². The normalized spacial score (nSPS) is 36.9. The minimum absolute atomic E-state index is 0.169. The third-order valence-corrected chi connectivity index (χ3v) is 5.00. The summed E-state index contributed by atoms with van der Waals surface area (Å²) >= 11 is 0. The van der Waals surface area contributed by atoms with Crippen LogP contribution in [0.2, 0.25) is 0 Å². The van der Waals surface area contributed by atoms with E-state index in [9.17, 15) is 20.4 Å². The van der Waals surface area contributed by atoms with Gasteiger partial charge in [0.25, 0.3) is 0 Å². The second-order valence-electron chi connectivity index (χ2n) is 6.81. The van der Waals surface area contributed by atoms with Gasteiger partial charge in [-0.15, -0.1) is 0 Å². The van der Waals surface area contributed by atoms with Gasteiger partial charge in [-0.2, -0.15) is 0 Å². The number of quaternary nitrogens is 1. The molecule has 0 aromatic carbocycles. The van der Waals surface area contributed by atoms with E-state index in [0.29, 0.717) is 11.0 Å². The lowest BCUT2D eigenvalue weighted by molar-refractivity contribution is -0.946. The summed E-state index contributed by atoms with van der Waals surface area (Å²) in [6.07, 6.45) is 5.38. The van der Waals surface area contributed by atoms with Crippen molar-refractivity contribution in [3.8, 4) is 0 Å². The summed E-state index contributed by atoms with van der Waals surface area (Å²) in [6, 6.07) is -0.413. The highest BCUT2D eigenvalue weighted by Gasteiger charge is 2.49. The lowest BCUT2D eigenvalue weighted by Gasteiger charge is -2.49. The highest BCUT2D eigenvalue weighted by atomic mass is 16.4. The van der Waals surface area contributed by atoms with Crippen LogP contribution in [0.3, 0.4) is 0 Å². The number of unbranched alkanes of at least 4 members (excludes halogenated alkanes) is 6. The van der Waals surface area contributed by atoms with Crippen LogP contribution in [-0.2, 0) is 0 Å². The van der Waals surface area contributed by atoms with Crippen LogP contribution in [0.4, 0.5) is 0 Å². The number of likely N-dealkylation sites (N-methyl/N-ethyl adjacent to an activating group) is 1. The molecule has 126 valence electrons. The fourth-order valence-corrected chi connectivity index (χ4v) is 3.49. The molecule has 1 heterocycles. The zero-order valence-corrected chi connectivity index (χ0v) is 13.6. The fraction of sp³-hybridized carbons (Fsp3) is 1.00. The van der Waals surface area contributed by atoms with Crippen molar-refractivity contribution in [2.45, 2.75) is 76.2 Å². The van der Waals surface area contributed by atoms with Gasteiger partial charge in [0.1, 0.15) is 30.9 Å². The molecule has 1 aliphatic rings. The van der Waals surface area contributed by atoms with Gasteiger partial charge in [-0.3, -0.25) is 0 Å². The summed E-state index contributed by atoms with van der Waals surface area (Å²) in [5.41, 5.74) is 0. The Bertz CT molecular complexity index is 289. The summed E-state index contributed by atoms with van der Waals surface area (Å²) < 4.78 is 0.435. The van der Waals surface area contributed by atoms with E-state index in [2.05, 4.69) is 6.92 Å². The molecule has 5 heteroatoms. The summed E-state index contributed by atoms with van der Waals surface area (Å²) in [5, 5.41) is 39.2. The molecule has 1 unspecified atom stereocenters. The quantitative estimate of drug-likeness (QED) is 0.372. The fourth-order valence-electron chi connectivity index (χ4n) is 3.49. The first kappa shape index (κ1) is 18.8. The Morgan fingerprint density at radius 2 is 1.48 bits per heavy atom. The first-order valence-electron chi connectivity index (χ1n) is 8.45. The minimum Gasteiger partial charge on any atom is -0.390 e. The number of hydrogen-bond donors (Lipinski definition) is 4. The van der Waals surface area contributed by atoms with Crippen LogP contribution in [-0.4, -0.2) is 76.0 Å². The van der Waals surface area contributed by atoms with Crippen LogP contribution in [0, 0.1) is 0 Å². The molecule has 0 radical (unpaired) electrons. The van der Waals surface area contributed by atoms with Crippen LogP contribution in [0.25, 0.3) is 0 Å². The Hall–Kier alpha value is -0.200. The summed E-state index contributed by atoms with van der Waals surface area (Å²) in [4.78, 5) is 0. The summed E-state index contributed by atoms with van der Waals surface area (Å²) in [5.74, 6) is 0. The monoisotopic (exact) mass is 304 g/mol. The lowest BCUT2D eigenvalue weighted by atomic mass is 9.91. The average Bonchev–Trinajstić information content (AvgIpc) is 2.44. The second-order valence-corrected chi connectivity index (χ2v) is 6.81. The molecule has 4 N–H and O–H groups in total. The third-order valence-electron chi connectivity index (χ3n) is 5.00. The van der Waals surface area contributed by atoms with E-state index in [1.165, 1.54) is 32.1 Å². The maximum atomic E-state index is 10.1. The molecule has 0 spiro atoms. The predicted octanol–water partition coefficient (Wildman–Crippen LogP) is 0.641. The molecule has 1 saturated heterocycles. The molecular formula is C16H34NO4+. The molecule has 0 bridgehead atoms. The molecule has 0 amide bonds. The zero-order chi connectivity index (χ0) is 15.9. The Kier molecular flexibility index (Phi) is 8.13. The van der Waals surface area contributed by atoms with Gasteiger partial charge in [0, 0.05) is 0 Å². The lowest BCUT2D eigenvalue weighted by Crippen LogP contribution is -2.70. The maximum absolute atomic E-state index is 10.1. The molecule has 21 heavy (non-hydrogen) atoms. The first-order valence-corrected chi connectivity index (χ1v) is 8.45. The number of piperidine rings is 1. The van der Waals surface area contributed by atoms with Crippen molar-refractivity contribution >= 4 is 0 Å². The second kappa shape index (κ2) is 9.06. The van der Waals surface area contributed by atoms with Gasteiger partial charge in [-0.1, -0.05) is 39.0 Å². The SMILES string of the molecule is CCCCCCCCC[N+]1(C)C[C@H](O)[C@@H](O)[C@@H](O)[C@H]1CO. The number of hydrogen-bond acceptors (Lipinski definition) is 4. The van der Waals surface area contributed by atoms with Gasteiger partial charge in [0.05, 0.1) is 20.2 Å². The molecule has 5 nitrogen and oxygen atoms in total. The van der Waals surface area contributed by atoms with Gasteiger partial charge < -0.3 is 24.9 Å². The van der Waals surface area contributed by atoms with Crippen LogP contribution in [0.1, 0.15) is 51.9 Å². The van der Waals surface area contributed by atoms with Gasteiger partial charge >= 0.3 is 0 Å². The average molecular weight is 304 g/mol. The Balaban J connectivity index is 2.39. The van der Waals surface area contributed by atoms with Gasteiger partial charge in [0.2, 0.25) is 0 Å². The van der Waals surface area contributed by atoms with E-state index in [1.807, 2.05) is 7.05 Å². The number of aliphatic hydroxyl groups excluding tert-OH is 4. The first-order chi connectivity index (χ1) is 9.96. The van der Waals surface area contributed by atoms with Crippen molar-refractivity contribution in [1.29, 1.82) is 0 Å². The highest BCUT2D eigenvalue weighted by molar-refractivity contribution is 4.87. The van der Waals surface area contributed by atoms with E-state index in [1.54, 1.807) is 0 Å². The standard InChI is InChI=1S/C16H34NO4/c1-3-4-5-6-7-8-9-10-17(2)11-14(19)16(21)15(20)13(17)12-18/h13-16,18-21H,3-12H2,1-2H3/q+1/t13-,14+,15+,16-,17?/m1/s1. The minimum atomic E-state index is -1.15. The van der Waals surface area contributed by atoms with E-state index in [-0.39, 0.29) is 6.61 Å². The Morgan fingerprint density at radius 3 is 2.05 bits per heavy atom. The molecule has 0 aromatic rings. The molecule has 5 atom stereocenters. The maximum Gasteiger partial charge on any atom is 0.141 e. The van der Waals surface area contributed by atoms with Gasteiger partial charge in [-0.25, -0.2) is 0 Å². The van der Waals surface area contributed by atoms with Crippen molar-refractivity contribution < 1.29 is 24.9 Å². The smallest absolute Gasteiger partial charge is 0.141 e. The van der Waals surface area contributed by atoms with Crippen LogP contribution < -0.4 is 0 Å². The molecule has 1 fully saturated rings. The van der Waals surface area contributed by atoms with Crippen LogP contribution >= 0.6 is 0 Å². The predicted molar refractivity (Wildman–Crippen MR) is 82.8 cm³/mol. The number of rotatable bonds is 9. The van der Waals surface area contributed by atoms with Crippen molar-refractivity contribution in [2.24, 2.45) is 0 Å². The number of likely N-dealkylation sites (tertiary alicyclic amines) is 1. The van der Waals surface area contributed by atoms with Gasteiger partial charge in [-0.05, 0) is 12.8 Å². The van der Waals surface area contributed by atoms with E-state index in [4.69, 9.17) is 0 Å². The largest absolute Gasteiger partial charge is 0.390 e. The molecule has 1 aliphatic heterocycles. The third kappa shape index (κ3) is 5.18. The van der Waals surface area contributed by atoms with Crippen molar-refractivity contribution in [3.05, 3.63) is 0 Å². The summed E-state index contributed by atoms with van der Waals surface area (Å²) in [7, 11) is 1.95.